The van der Waals surface area contributed by atoms with Gasteiger partial charge in [0.1, 0.15) is 17.1 Å². The number of anilines is 1. The fourth-order valence-corrected chi connectivity index (χ4v) is 3.92. The van der Waals surface area contributed by atoms with Crippen molar-refractivity contribution in [3.63, 3.8) is 0 Å². The topological polar surface area (TPSA) is 60.7 Å². The van der Waals surface area contributed by atoms with E-state index in [0.29, 0.717) is 11.3 Å². The number of hydrogen-bond acceptors (Lipinski definition) is 4. The smallest absolute Gasteiger partial charge is 0.248 e. The van der Waals surface area contributed by atoms with Gasteiger partial charge < -0.3 is 19.2 Å². The third kappa shape index (κ3) is 4.48. The van der Waals surface area contributed by atoms with Gasteiger partial charge in [-0.15, -0.1) is 0 Å². The Morgan fingerprint density at radius 3 is 2.45 bits per heavy atom. The van der Waals surface area contributed by atoms with E-state index in [1.54, 1.807) is 26.6 Å². The van der Waals surface area contributed by atoms with Gasteiger partial charge in [0.05, 0.1) is 20.5 Å². The van der Waals surface area contributed by atoms with Crippen molar-refractivity contribution < 1.29 is 18.7 Å². The first-order valence-electron chi connectivity index (χ1n) is 10.7. The first-order chi connectivity index (χ1) is 15.9. The summed E-state index contributed by atoms with van der Waals surface area (Å²) in [7, 11) is 3.26. The average Bonchev–Trinajstić information content (AvgIpc) is 3.23. The van der Waals surface area contributed by atoms with E-state index in [2.05, 4.69) is 5.32 Å². The van der Waals surface area contributed by atoms with Crippen LogP contribution in [0.15, 0.2) is 71.4 Å². The number of rotatable bonds is 6. The Morgan fingerprint density at radius 2 is 1.70 bits per heavy atom. The number of carbonyl (C=O) groups excluding carboxylic acids is 1. The third-order valence-corrected chi connectivity index (χ3v) is 5.72. The molecule has 0 aliphatic carbocycles. The molecule has 33 heavy (non-hydrogen) atoms. The second-order valence-corrected chi connectivity index (χ2v) is 8.03. The van der Waals surface area contributed by atoms with Gasteiger partial charge in [-0.2, -0.15) is 0 Å². The largest absolute Gasteiger partial charge is 0.496 e. The van der Waals surface area contributed by atoms with Crippen LogP contribution in [0.5, 0.6) is 11.5 Å². The van der Waals surface area contributed by atoms with E-state index in [-0.39, 0.29) is 5.91 Å². The quantitative estimate of drug-likeness (QED) is 0.335. The number of nitrogens with one attached hydrogen (secondary N) is 1. The van der Waals surface area contributed by atoms with Crippen LogP contribution in [-0.4, -0.2) is 20.1 Å². The van der Waals surface area contributed by atoms with Gasteiger partial charge in [0.2, 0.25) is 5.91 Å². The van der Waals surface area contributed by atoms with Crippen LogP contribution < -0.4 is 14.8 Å². The van der Waals surface area contributed by atoms with Gasteiger partial charge in [0.25, 0.3) is 0 Å². The van der Waals surface area contributed by atoms with E-state index in [9.17, 15) is 4.79 Å². The molecule has 0 fully saturated rings. The summed E-state index contributed by atoms with van der Waals surface area (Å²) in [5.41, 5.74) is 7.06. The molecule has 168 valence electrons. The number of aryl methyl sites for hydroxylation is 2. The van der Waals surface area contributed by atoms with Gasteiger partial charge in [-0.1, -0.05) is 30.3 Å². The van der Waals surface area contributed by atoms with Crippen LogP contribution in [-0.2, 0) is 4.79 Å². The number of methoxy groups -OCH3 is 2. The summed E-state index contributed by atoms with van der Waals surface area (Å²) in [6.45, 7) is 5.87. The molecular formula is C28H27NO4. The van der Waals surface area contributed by atoms with Crippen molar-refractivity contribution in [3.05, 3.63) is 83.6 Å². The molecule has 1 N–H and O–H groups in total. The molecule has 1 heterocycles. The number of hydrogen-bond donors (Lipinski definition) is 1. The summed E-state index contributed by atoms with van der Waals surface area (Å²) in [4.78, 5) is 12.8. The SMILES string of the molecule is COc1cc2occ(-c3ccccc3OC)c2cc1/C(C)=C/C(=O)Nc1cc(C)ccc1C. The standard InChI is InChI=1S/C28H27NO4/c1-17-10-11-18(2)24(12-17)29-28(30)13-19(3)21-14-22-23(16-33-27(22)15-26(21)32-5)20-8-6-7-9-25(20)31-4/h6-16H,1-5H3,(H,29,30)/b19-13+. The number of benzene rings is 3. The Labute approximate surface area is 193 Å². The zero-order valence-electron chi connectivity index (χ0n) is 19.5. The predicted octanol–water partition coefficient (Wildman–Crippen LogP) is 6.78. The number of fused-ring (bicyclic) bond motifs is 1. The highest BCUT2D eigenvalue weighted by molar-refractivity contribution is 6.06. The first kappa shape index (κ1) is 22.2. The third-order valence-electron chi connectivity index (χ3n) is 5.72. The lowest BCUT2D eigenvalue weighted by Gasteiger charge is -2.12. The lowest BCUT2D eigenvalue weighted by Crippen LogP contribution is -2.10. The van der Waals surface area contributed by atoms with Crippen LogP contribution in [0, 0.1) is 13.8 Å². The highest BCUT2D eigenvalue weighted by Gasteiger charge is 2.17. The number of amides is 1. The molecule has 4 aromatic rings. The normalized spacial score (nSPS) is 11.5. The molecule has 0 atom stereocenters. The summed E-state index contributed by atoms with van der Waals surface area (Å²) in [6, 6.07) is 17.6. The van der Waals surface area contributed by atoms with E-state index in [0.717, 1.165) is 50.2 Å². The van der Waals surface area contributed by atoms with Crippen molar-refractivity contribution in [2.24, 2.45) is 0 Å². The Bertz CT molecular complexity index is 1360. The molecule has 0 saturated carbocycles. The monoisotopic (exact) mass is 441 g/mol. The molecule has 3 aromatic carbocycles. The second kappa shape index (κ2) is 9.25. The van der Waals surface area contributed by atoms with Crippen LogP contribution in [0.4, 0.5) is 5.69 Å². The van der Waals surface area contributed by atoms with Crippen LogP contribution in [0.1, 0.15) is 23.6 Å². The molecule has 0 unspecified atom stereocenters. The van der Waals surface area contributed by atoms with Gasteiger partial charge in [-0.3, -0.25) is 4.79 Å². The summed E-state index contributed by atoms with van der Waals surface area (Å²) in [5, 5.41) is 3.90. The lowest BCUT2D eigenvalue weighted by molar-refractivity contribution is -0.111. The van der Waals surface area contributed by atoms with Crippen molar-refractivity contribution in [2.45, 2.75) is 20.8 Å². The lowest BCUT2D eigenvalue weighted by atomic mass is 9.98. The Hall–Kier alpha value is -3.99. The van der Waals surface area contributed by atoms with Gasteiger partial charge >= 0.3 is 0 Å². The molecule has 5 nitrogen and oxygen atoms in total. The molecule has 0 aliphatic rings. The van der Waals surface area contributed by atoms with Crippen molar-refractivity contribution in [2.75, 3.05) is 19.5 Å². The summed E-state index contributed by atoms with van der Waals surface area (Å²) in [6.07, 6.45) is 3.31. The van der Waals surface area contributed by atoms with Gasteiger partial charge in [-0.05, 0) is 55.7 Å². The maximum atomic E-state index is 12.8. The molecule has 4 rings (SSSR count). The fourth-order valence-electron chi connectivity index (χ4n) is 3.92. The van der Waals surface area contributed by atoms with Gasteiger partial charge in [-0.25, -0.2) is 0 Å². The van der Waals surface area contributed by atoms with Crippen LogP contribution in [0.2, 0.25) is 0 Å². The number of allylic oxidation sites excluding steroid dienone is 1. The average molecular weight is 442 g/mol. The Kier molecular flexibility index (Phi) is 6.22. The van der Waals surface area contributed by atoms with E-state index < -0.39 is 0 Å². The molecule has 5 heteroatoms. The minimum Gasteiger partial charge on any atom is -0.496 e. The highest BCUT2D eigenvalue weighted by Crippen LogP contribution is 2.40. The predicted molar refractivity (Wildman–Crippen MR) is 133 cm³/mol. The van der Waals surface area contributed by atoms with E-state index in [4.69, 9.17) is 13.9 Å². The van der Waals surface area contributed by atoms with Gasteiger partial charge in [0.15, 0.2) is 0 Å². The molecule has 0 bridgehead atoms. The molecule has 0 aliphatic heterocycles. The molecular weight excluding hydrogens is 414 g/mol. The number of carbonyl (C=O) groups is 1. The zero-order valence-corrected chi connectivity index (χ0v) is 19.5. The van der Waals surface area contributed by atoms with Crippen LogP contribution >= 0.6 is 0 Å². The zero-order chi connectivity index (χ0) is 23.5. The minimum absolute atomic E-state index is 0.194. The van der Waals surface area contributed by atoms with Gasteiger partial charge in [0, 0.05) is 39.9 Å². The molecule has 1 aromatic heterocycles. The number of para-hydroxylation sites is 1. The highest BCUT2D eigenvalue weighted by atomic mass is 16.5. The Balaban J connectivity index is 1.74. The maximum Gasteiger partial charge on any atom is 0.248 e. The van der Waals surface area contributed by atoms with E-state index >= 15 is 0 Å². The fraction of sp³-hybridized carbons (Fsp3) is 0.179. The summed E-state index contributed by atoms with van der Waals surface area (Å²) in [5.74, 6) is 1.20. The van der Waals surface area contributed by atoms with Crippen molar-refractivity contribution in [1.82, 2.24) is 0 Å². The van der Waals surface area contributed by atoms with Crippen LogP contribution in [0.25, 0.3) is 27.7 Å². The molecule has 0 radical (unpaired) electrons. The van der Waals surface area contributed by atoms with Crippen molar-refractivity contribution in [3.8, 4) is 22.6 Å². The second-order valence-electron chi connectivity index (χ2n) is 8.03. The molecule has 1 amide bonds. The van der Waals surface area contributed by atoms with E-state index in [1.165, 1.54) is 0 Å². The summed E-state index contributed by atoms with van der Waals surface area (Å²) >= 11 is 0. The van der Waals surface area contributed by atoms with Crippen molar-refractivity contribution in [1.29, 1.82) is 0 Å². The molecule has 0 saturated heterocycles. The minimum atomic E-state index is -0.194. The maximum absolute atomic E-state index is 12.8. The van der Waals surface area contributed by atoms with E-state index in [1.807, 2.05) is 75.4 Å². The number of furan rings is 1. The summed E-state index contributed by atoms with van der Waals surface area (Å²) < 4.78 is 17.0. The molecule has 0 spiro atoms. The Morgan fingerprint density at radius 1 is 0.939 bits per heavy atom. The van der Waals surface area contributed by atoms with Crippen LogP contribution in [0.3, 0.4) is 0 Å². The number of ether oxygens (including phenoxy) is 2. The first-order valence-corrected chi connectivity index (χ1v) is 10.7. The van der Waals surface area contributed by atoms with Crippen molar-refractivity contribution >= 4 is 28.1 Å².